The van der Waals surface area contributed by atoms with Crippen LogP contribution in [0.3, 0.4) is 0 Å². The Bertz CT molecular complexity index is 1070. The number of halogens is 1. The first kappa shape index (κ1) is 14.8. The van der Waals surface area contributed by atoms with E-state index in [1.54, 1.807) is 12.1 Å². The molecule has 4 aromatic rings. The van der Waals surface area contributed by atoms with E-state index < -0.39 is 4.92 Å². The quantitative estimate of drug-likeness (QED) is 0.372. The molecule has 2 aromatic carbocycles. The molecule has 0 spiro atoms. The van der Waals surface area contributed by atoms with Crippen LogP contribution in [-0.2, 0) is 0 Å². The smallest absolute Gasteiger partial charge is 0.270 e. The van der Waals surface area contributed by atoms with E-state index in [4.69, 9.17) is 16.0 Å². The van der Waals surface area contributed by atoms with Gasteiger partial charge in [-0.05, 0) is 12.1 Å². The summed E-state index contributed by atoms with van der Waals surface area (Å²) in [5.74, 6) is 0.505. The van der Waals surface area contributed by atoms with Crippen LogP contribution < -0.4 is 0 Å². The second kappa shape index (κ2) is 5.70. The summed E-state index contributed by atoms with van der Waals surface area (Å²) in [4.78, 5) is 11.1. The molecule has 8 heteroatoms. The number of hydrogen-bond donors (Lipinski definition) is 0. The van der Waals surface area contributed by atoms with Crippen LogP contribution in [0.2, 0.25) is 5.02 Å². The predicted molar refractivity (Wildman–Crippen MR) is 92.2 cm³/mol. The molecule has 0 saturated carbocycles. The van der Waals surface area contributed by atoms with E-state index in [0.29, 0.717) is 21.4 Å². The van der Waals surface area contributed by atoms with Crippen LogP contribution >= 0.6 is 22.9 Å². The molecular formula is C16H8ClN3O3S. The highest BCUT2D eigenvalue weighted by Gasteiger charge is 2.19. The van der Waals surface area contributed by atoms with E-state index in [1.807, 2.05) is 24.3 Å². The van der Waals surface area contributed by atoms with Crippen molar-refractivity contribution in [3.63, 3.8) is 0 Å². The summed E-state index contributed by atoms with van der Waals surface area (Å²) in [7, 11) is 0. The van der Waals surface area contributed by atoms with Gasteiger partial charge in [0, 0.05) is 27.8 Å². The van der Waals surface area contributed by atoms with Crippen molar-refractivity contribution in [1.82, 2.24) is 10.2 Å². The second-order valence-electron chi connectivity index (χ2n) is 4.96. The normalized spacial score (nSPS) is 11.0. The number of nitro groups is 1. The average Bonchev–Trinajstić information content (AvgIpc) is 3.20. The fourth-order valence-electron chi connectivity index (χ4n) is 2.34. The van der Waals surface area contributed by atoms with Crippen molar-refractivity contribution in [2.45, 2.75) is 0 Å². The molecule has 118 valence electrons. The second-order valence-corrected chi connectivity index (χ2v) is 6.39. The molecule has 2 aromatic heterocycles. The summed E-state index contributed by atoms with van der Waals surface area (Å²) >= 11 is 7.86. The highest BCUT2D eigenvalue weighted by atomic mass is 35.5. The molecule has 0 aliphatic carbocycles. The largest absolute Gasteiger partial charge is 0.415 e. The molecule has 6 nitrogen and oxygen atoms in total. The Morgan fingerprint density at radius 1 is 1.08 bits per heavy atom. The van der Waals surface area contributed by atoms with Gasteiger partial charge in [0.15, 0.2) is 0 Å². The van der Waals surface area contributed by atoms with Crippen molar-refractivity contribution in [3.8, 4) is 22.2 Å². The highest BCUT2D eigenvalue weighted by Crippen LogP contribution is 2.41. The Morgan fingerprint density at radius 2 is 1.88 bits per heavy atom. The molecule has 0 fully saturated rings. The molecule has 24 heavy (non-hydrogen) atoms. The lowest BCUT2D eigenvalue weighted by Gasteiger charge is -1.95. The Hall–Kier alpha value is -2.77. The molecule has 0 amide bonds. The van der Waals surface area contributed by atoms with E-state index in [1.165, 1.54) is 23.5 Å². The van der Waals surface area contributed by atoms with Gasteiger partial charge in [-0.1, -0.05) is 35.9 Å². The number of rotatable bonds is 3. The van der Waals surface area contributed by atoms with Gasteiger partial charge >= 0.3 is 0 Å². The Morgan fingerprint density at radius 3 is 2.67 bits per heavy atom. The first-order chi connectivity index (χ1) is 11.6. The monoisotopic (exact) mass is 357 g/mol. The van der Waals surface area contributed by atoms with Crippen LogP contribution in [0.5, 0.6) is 0 Å². The average molecular weight is 358 g/mol. The van der Waals surface area contributed by atoms with Gasteiger partial charge in [0.25, 0.3) is 11.6 Å². The van der Waals surface area contributed by atoms with Gasteiger partial charge < -0.3 is 4.42 Å². The standard InChI is InChI=1S/C16H8ClN3O3S/c17-13-11-6-1-2-7-12(11)24-14(13)16-19-18-15(23-16)9-4-3-5-10(8-9)20(21)22/h1-8H. The van der Waals surface area contributed by atoms with Crippen molar-refractivity contribution in [1.29, 1.82) is 0 Å². The first-order valence-corrected chi connectivity index (χ1v) is 8.08. The van der Waals surface area contributed by atoms with E-state index in [0.717, 1.165) is 10.1 Å². The molecule has 4 rings (SSSR count). The highest BCUT2D eigenvalue weighted by molar-refractivity contribution is 7.23. The molecule has 0 aliphatic heterocycles. The molecule has 0 unspecified atom stereocenters. The van der Waals surface area contributed by atoms with Gasteiger partial charge in [-0.2, -0.15) is 0 Å². The zero-order chi connectivity index (χ0) is 16.7. The fourth-order valence-corrected chi connectivity index (χ4v) is 3.77. The number of nitro benzene ring substituents is 1. The summed E-state index contributed by atoms with van der Waals surface area (Å²) in [6.45, 7) is 0. The van der Waals surface area contributed by atoms with Gasteiger partial charge in [-0.15, -0.1) is 21.5 Å². The van der Waals surface area contributed by atoms with Gasteiger partial charge in [0.05, 0.1) is 9.95 Å². The zero-order valence-corrected chi connectivity index (χ0v) is 13.5. The van der Waals surface area contributed by atoms with Crippen LogP contribution in [0.1, 0.15) is 0 Å². The predicted octanol–water partition coefficient (Wildman–Crippen LogP) is 5.18. The summed E-state index contributed by atoms with van der Waals surface area (Å²) in [5, 5.41) is 20.4. The molecule has 0 aliphatic rings. The van der Waals surface area contributed by atoms with Crippen LogP contribution in [0.25, 0.3) is 32.3 Å². The number of non-ortho nitro benzene ring substituents is 1. The third-order valence-corrected chi connectivity index (χ3v) is 5.12. The molecule has 0 atom stereocenters. The third-order valence-electron chi connectivity index (χ3n) is 3.46. The third kappa shape index (κ3) is 2.44. The van der Waals surface area contributed by atoms with Crippen molar-refractivity contribution >= 4 is 38.7 Å². The van der Waals surface area contributed by atoms with E-state index in [-0.39, 0.29) is 11.6 Å². The lowest BCUT2D eigenvalue weighted by molar-refractivity contribution is -0.384. The topological polar surface area (TPSA) is 82.1 Å². The van der Waals surface area contributed by atoms with Gasteiger partial charge in [-0.3, -0.25) is 10.1 Å². The summed E-state index contributed by atoms with van der Waals surface area (Å²) in [5.41, 5.74) is 0.451. The maximum Gasteiger partial charge on any atom is 0.270 e. The molecular weight excluding hydrogens is 350 g/mol. The maximum atomic E-state index is 10.9. The summed E-state index contributed by atoms with van der Waals surface area (Å²) in [6.07, 6.45) is 0. The van der Waals surface area contributed by atoms with Crippen LogP contribution in [-0.4, -0.2) is 15.1 Å². The Kier molecular flexibility index (Phi) is 3.51. The van der Waals surface area contributed by atoms with Gasteiger partial charge in [0.2, 0.25) is 5.89 Å². The Labute approximate surface area is 144 Å². The maximum absolute atomic E-state index is 10.9. The van der Waals surface area contributed by atoms with Crippen LogP contribution in [0.4, 0.5) is 5.69 Å². The minimum atomic E-state index is -0.469. The van der Waals surface area contributed by atoms with E-state index >= 15 is 0 Å². The number of hydrogen-bond acceptors (Lipinski definition) is 6. The van der Waals surface area contributed by atoms with Crippen molar-refractivity contribution in [2.24, 2.45) is 0 Å². The van der Waals surface area contributed by atoms with Gasteiger partial charge in [0.1, 0.15) is 4.88 Å². The van der Waals surface area contributed by atoms with Crippen molar-refractivity contribution in [2.75, 3.05) is 0 Å². The minimum absolute atomic E-state index is 0.0351. The fraction of sp³-hybridized carbons (Fsp3) is 0. The molecule has 2 heterocycles. The number of thiophene rings is 1. The zero-order valence-electron chi connectivity index (χ0n) is 12.0. The van der Waals surface area contributed by atoms with Crippen molar-refractivity contribution < 1.29 is 9.34 Å². The number of aromatic nitrogens is 2. The summed E-state index contributed by atoms with van der Waals surface area (Å²) in [6, 6.07) is 13.8. The van der Waals surface area contributed by atoms with Crippen LogP contribution in [0, 0.1) is 10.1 Å². The molecule has 0 saturated heterocycles. The number of nitrogens with zero attached hydrogens (tertiary/aromatic N) is 3. The molecule has 0 N–H and O–H groups in total. The first-order valence-electron chi connectivity index (χ1n) is 6.89. The van der Waals surface area contributed by atoms with E-state index in [2.05, 4.69) is 10.2 Å². The minimum Gasteiger partial charge on any atom is -0.415 e. The van der Waals surface area contributed by atoms with E-state index in [9.17, 15) is 10.1 Å². The SMILES string of the molecule is O=[N+]([O-])c1cccc(-c2nnc(-c3sc4ccccc4c3Cl)o2)c1. The molecule has 0 bridgehead atoms. The summed E-state index contributed by atoms with van der Waals surface area (Å²) < 4.78 is 6.70. The lowest BCUT2D eigenvalue weighted by Crippen LogP contribution is -1.88. The van der Waals surface area contributed by atoms with Gasteiger partial charge in [-0.25, -0.2) is 0 Å². The molecule has 0 radical (unpaired) electrons. The Balaban J connectivity index is 1.78. The van der Waals surface area contributed by atoms with Crippen molar-refractivity contribution in [3.05, 3.63) is 63.7 Å². The lowest BCUT2D eigenvalue weighted by atomic mass is 10.2. The number of benzene rings is 2. The van der Waals surface area contributed by atoms with Crippen LogP contribution in [0.15, 0.2) is 52.9 Å². The number of fused-ring (bicyclic) bond motifs is 1.